The van der Waals surface area contributed by atoms with E-state index in [2.05, 4.69) is 31.5 Å². The highest BCUT2D eigenvalue weighted by molar-refractivity contribution is 9.11. The van der Waals surface area contributed by atoms with Gasteiger partial charge in [0.2, 0.25) is 0 Å². The Morgan fingerprint density at radius 1 is 1.59 bits per heavy atom. The fraction of sp³-hybridized carbons (Fsp3) is 0.375. The van der Waals surface area contributed by atoms with Gasteiger partial charge in [-0.25, -0.2) is 14.6 Å². The zero-order chi connectivity index (χ0) is 12.8. The number of urea groups is 1. The van der Waals surface area contributed by atoms with E-state index in [4.69, 9.17) is 10.2 Å². The summed E-state index contributed by atoms with van der Waals surface area (Å²) in [6.45, 7) is 0.0614. The number of aliphatic carboxylic acids is 1. The molecule has 1 aromatic rings. The molecule has 1 aromatic heterocycles. The van der Waals surface area contributed by atoms with Gasteiger partial charge in [-0.1, -0.05) is 11.3 Å². The molecule has 1 atom stereocenters. The number of hydrogen-bond acceptors (Lipinski definition) is 5. The van der Waals surface area contributed by atoms with Gasteiger partial charge in [-0.3, -0.25) is 5.32 Å². The van der Waals surface area contributed by atoms with Gasteiger partial charge in [0, 0.05) is 13.0 Å². The van der Waals surface area contributed by atoms with Crippen LogP contribution in [0.2, 0.25) is 0 Å². The van der Waals surface area contributed by atoms with Crippen LogP contribution >= 0.6 is 27.3 Å². The summed E-state index contributed by atoms with van der Waals surface area (Å²) in [5.74, 6) is -1.31. The Labute approximate surface area is 109 Å². The summed E-state index contributed by atoms with van der Waals surface area (Å²) >= 11 is 4.45. The molecular formula is C8H10BrN3O4S. The monoisotopic (exact) mass is 323 g/mol. The number of carboxylic acid groups (broad SMARTS) is 1. The number of rotatable bonds is 5. The minimum absolute atomic E-state index is 0.0513. The summed E-state index contributed by atoms with van der Waals surface area (Å²) in [4.78, 5) is 25.4. The Morgan fingerprint density at radius 3 is 2.82 bits per heavy atom. The number of carbonyl (C=O) groups excluding carboxylic acids is 1. The maximum atomic E-state index is 11.3. The molecular weight excluding hydrogens is 314 g/mol. The molecule has 0 aliphatic heterocycles. The normalized spacial score (nSPS) is 11.9. The summed E-state index contributed by atoms with van der Waals surface area (Å²) in [5.41, 5.74) is 0. The molecule has 0 radical (unpaired) electrons. The van der Waals surface area contributed by atoms with Crippen molar-refractivity contribution in [1.82, 2.24) is 10.3 Å². The highest BCUT2D eigenvalue weighted by Gasteiger charge is 2.13. The van der Waals surface area contributed by atoms with Gasteiger partial charge in [-0.15, -0.1) is 0 Å². The van der Waals surface area contributed by atoms with Crippen LogP contribution in [0.5, 0.6) is 0 Å². The molecule has 4 N–H and O–H groups in total. The Morgan fingerprint density at radius 2 is 2.29 bits per heavy atom. The molecule has 94 valence electrons. The lowest BCUT2D eigenvalue weighted by molar-refractivity contribution is -0.146. The van der Waals surface area contributed by atoms with E-state index < -0.39 is 18.1 Å². The quantitative estimate of drug-likeness (QED) is 0.642. The first kappa shape index (κ1) is 13.9. The SMILES string of the molecule is O=C(NCC[C@H](O)C(=O)O)Nc1ncc(Br)s1. The molecule has 0 saturated heterocycles. The molecule has 17 heavy (non-hydrogen) atoms. The van der Waals surface area contributed by atoms with Crippen LogP contribution in [0.15, 0.2) is 9.98 Å². The number of aliphatic hydroxyl groups is 1. The van der Waals surface area contributed by atoms with E-state index in [-0.39, 0.29) is 13.0 Å². The third-order valence-electron chi connectivity index (χ3n) is 1.69. The molecule has 0 aliphatic rings. The third-order valence-corrected chi connectivity index (χ3v) is 3.08. The topological polar surface area (TPSA) is 112 Å². The van der Waals surface area contributed by atoms with Crippen LogP contribution in [0.1, 0.15) is 6.42 Å². The first-order valence-corrected chi connectivity index (χ1v) is 6.17. The van der Waals surface area contributed by atoms with Gasteiger partial charge >= 0.3 is 12.0 Å². The van der Waals surface area contributed by atoms with Gasteiger partial charge in [0.15, 0.2) is 11.2 Å². The van der Waals surface area contributed by atoms with E-state index in [0.717, 1.165) is 3.79 Å². The second-order valence-corrected chi connectivity index (χ2v) is 5.40. The summed E-state index contributed by atoms with van der Waals surface area (Å²) in [6, 6.07) is -0.496. The molecule has 0 aliphatic carbocycles. The lowest BCUT2D eigenvalue weighted by atomic mass is 10.2. The highest BCUT2D eigenvalue weighted by atomic mass is 79.9. The van der Waals surface area contributed by atoms with Crippen molar-refractivity contribution in [3.63, 3.8) is 0 Å². The van der Waals surface area contributed by atoms with Crippen LogP contribution < -0.4 is 10.6 Å². The average molecular weight is 324 g/mol. The number of aromatic nitrogens is 1. The molecule has 9 heteroatoms. The molecule has 0 fully saturated rings. The number of carboxylic acids is 1. The van der Waals surface area contributed by atoms with Crippen molar-refractivity contribution in [2.45, 2.75) is 12.5 Å². The Kier molecular flexibility index (Phi) is 5.32. The second kappa shape index (κ2) is 6.52. The number of nitrogens with zero attached hydrogens (tertiary/aromatic N) is 1. The van der Waals surface area contributed by atoms with Crippen molar-refractivity contribution in [2.24, 2.45) is 0 Å². The standard InChI is InChI=1S/C8H10BrN3O4S/c9-5-3-11-8(17-5)12-7(16)10-2-1-4(13)6(14)15/h3-4,13H,1-2H2,(H,14,15)(H2,10,11,12,16)/t4-/m0/s1. The molecule has 0 aromatic carbocycles. The van der Waals surface area contributed by atoms with Crippen LogP contribution in [0.25, 0.3) is 0 Å². The van der Waals surface area contributed by atoms with Gasteiger partial charge in [0.25, 0.3) is 0 Å². The summed E-state index contributed by atoms with van der Waals surface area (Å²) in [7, 11) is 0. The van der Waals surface area contributed by atoms with Crippen LogP contribution in [0, 0.1) is 0 Å². The van der Waals surface area contributed by atoms with Crippen LogP contribution in [0.3, 0.4) is 0 Å². The molecule has 0 saturated carbocycles. The fourth-order valence-corrected chi connectivity index (χ4v) is 2.00. The molecule has 0 spiro atoms. The zero-order valence-electron chi connectivity index (χ0n) is 8.51. The minimum atomic E-state index is -1.47. The molecule has 2 amide bonds. The van der Waals surface area contributed by atoms with Gasteiger partial charge in [0.05, 0.1) is 9.98 Å². The van der Waals surface area contributed by atoms with Crippen LogP contribution in [0.4, 0.5) is 9.93 Å². The molecule has 7 nitrogen and oxygen atoms in total. The van der Waals surface area contributed by atoms with Gasteiger partial charge < -0.3 is 15.5 Å². The van der Waals surface area contributed by atoms with Gasteiger partial charge in [-0.2, -0.15) is 0 Å². The molecule has 1 rings (SSSR count). The number of carbonyl (C=O) groups is 2. The smallest absolute Gasteiger partial charge is 0.332 e. The lowest BCUT2D eigenvalue weighted by Gasteiger charge is -2.07. The molecule has 1 heterocycles. The maximum Gasteiger partial charge on any atom is 0.332 e. The summed E-state index contributed by atoms with van der Waals surface area (Å²) in [5, 5.41) is 22.6. The van der Waals surface area contributed by atoms with E-state index >= 15 is 0 Å². The van der Waals surface area contributed by atoms with Crippen LogP contribution in [-0.4, -0.2) is 39.8 Å². The summed E-state index contributed by atoms with van der Waals surface area (Å²) in [6.07, 6.45) is 0.0306. The number of thiazole rings is 1. The lowest BCUT2D eigenvalue weighted by Crippen LogP contribution is -2.33. The van der Waals surface area contributed by atoms with E-state index in [9.17, 15) is 9.59 Å². The van der Waals surface area contributed by atoms with Crippen molar-refractivity contribution in [1.29, 1.82) is 0 Å². The third kappa shape index (κ3) is 5.11. The largest absolute Gasteiger partial charge is 0.479 e. The Hall–Kier alpha value is -1.19. The first-order chi connectivity index (χ1) is 7.99. The predicted molar refractivity (Wildman–Crippen MR) is 65.1 cm³/mol. The predicted octanol–water partition coefficient (Wildman–Crippen LogP) is 0.863. The van der Waals surface area contributed by atoms with Gasteiger partial charge in [-0.05, 0) is 15.9 Å². The van der Waals surface area contributed by atoms with E-state index in [1.165, 1.54) is 11.3 Å². The molecule has 0 unspecified atom stereocenters. The Bertz CT molecular complexity index is 411. The van der Waals surface area contributed by atoms with Crippen molar-refractivity contribution in [2.75, 3.05) is 11.9 Å². The van der Waals surface area contributed by atoms with Crippen molar-refractivity contribution in [3.8, 4) is 0 Å². The second-order valence-electron chi connectivity index (χ2n) is 2.99. The van der Waals surface area contributed by atoms with E-state index in [1.54, 1.807) is 6.20 Å². The van der Waals surface area contributed by atoms with Crippen molar-refractivity contribution < 1.29 is 19.8 Å². The summed E-state index contributed by atoms with van der Waals surface area (Å²) < 4.78 is 0.786. The zero-order valence-corrected chi connectivity index (χ0v) is 10.9. The number of anilines is 1. The number of nitrogens with one attached hydrogen (secondary N) is 2. The van der Waals surface area contributed by atoms with Gasteiger partial charge in [0.1, 0.15) is 0 Å². The maximum absolute atomic E-state index is 11.3. The number of hydrogen-bond donors (Lipinski definition) is 4. The van der Waals surface area contributed by atoms with Crippen molar-refractivity contribution >= 4 is 44.4 Å². The first-order valence-electron chi connectivity index (χ1n) is 4.56. The number of aliphatic hydroxyl groups excluding tert-OH is 1. The number of amides is 2. The van der Waals surface area contributed by atoms with E-state index in [1.807, 2.05) is 0 Å². The van der Waals surface area contributed by atoms with Crippen molar-refractivity contribution in [3.05, 3.63) is 9.98 Å². The molecule has 0 bridgehead atoms. The van der Waals surface area contributed by atoms with Crippen LogP contribution in [-0.2, 0) is 4.79 Å². The van der Waals surface area contributed by atoms with E-state index in [0.29, 0.717) is 5.13 Å². The number of halogens is 1. The minimum Gasteiger partial charge on any atom is -0.479 e. The Balaban J connectivity index is 2.24. The average Bonchev–Trinajstić information content (AvgIpc) is 2.63. The highest BCUT2D eigenvalue weighted by Crippen LogP contribution is 2.22. The fourth-order valence-electron chi connectivity index (χ4n) is 0.899.